The van der Waals surface area contributed by atoms with Gasteiger partial charge >= 0.3 is 6.18 Å². The number of hydrogen-bond donors (Lipinski definition) is 1. The van der Waals surface area contributed by atoms with Gasteiger partial charge in [-0.25, -0.2) is 0 Å². The molecule has 0 radical (unpaired) electrons. The molecule has 1 saturated carbocycles. The van der Waals surface area contributed by atoms with Crippen molar-refractivity contribution in [2.45, 2.75) is 58.0 Å². The zero-order valence-corrected chi connectivity index (χ0v) is 18.7. The lowest BCUT2D eigenvalue weighted by molar-refractivity contribution is -0.140. The van der Waals surface area contributed by atoms with Crippen molar-refractivity contribution in [2.75, 3.05) is 18.4 Å². The van der Waals surface area contributed by atoms with Crippen molar-refractivity contribution in [1.29, 1.82) is 0 Å². The van der Waals surface area contributed by atoms with E-state index in [1.807, 2.05) is 4.90 Å². The van der Waals surface area contributed by atoms with Gasteiger partial charge in [-0.15, -0.1) is 0 Å². The summed E-state index contributed by atoms with van der Waals surface area (Å²) >= 11 is 2.90. The number of nitrogens with one attached hydrogen (secondary N) is 1. The molecule has 1 saturated heterocycles. The molecule has 2 atom stereocenters. The highest BCUT2D eigenvalue weighted by Crippen LogP contribution is 2.36. The van der Waals surface area contributed by atoms with Crippen molar-refractivity contribution in [2.24, 2.45) is 17.8 Å². The number of carbonyl (C=O) groups excluding carboxylic acids is 2. The zero-order chi connectivity index (χ0) is 21.9. The maximum atomic E-state index is 13.0. The lowest BCUT2D eigenvalue weighted by atomic mass is 9.79. The van der Waals surface area contributed by atoms with E-state index in [9.17, 15) is 22.8 Å². The Morgan fingerprint density at radius 1 is 1.13 bits per heavy atom. The highest BCUT2D eigenvalue weighted by atomic mass is 79.9. The number of amides is 2. The SMILES string of the molecule is C[C@H]1CCCC[C@@H]1C(=O)N1CCC(CC(=O)Nc2ccc(Br)c(C(F)(F)F)c2)CC1. The number of carbonyl (C=O) groups is 2. The van der Waals surface area contributed by atoms with E-state index in [1.54, 1.807) is 0 Å². The van der Waals surface area contributed by atoms with Crippen molar-refractivity contribution in [3.8, 4) is 0 Å². The summed E-state index contributed by atoms with van der Waals surface area (Å²) in [5, 5.41) is 2.58. The molecule has 30 heavy (non-hydrogen) atoms. The Morgan fingerprint density at radius 3 is 2.43 bits per heavy atom. The highest BCUT2D eigenvalue weighted by Gasteiger charge is 2.34. The molecule has 0 unspecified atom stereocenters. The highest BCUT2D eigenvalue weighted by molar-refractivity contribution is 9.10. The van der Waals surface area contributed by atoms with Gasteiger partial charge in [0.1, 0.15) is 0 Å². The number of nitrogens with zero attached hydrogens (tertiary/aromatic N) is 1. The second kappa shape index (κ2) is 9.71. The van der Waals surface area contributed by atoms with Crippen molar-refractivity contribution < 1.29 is 22.8 Å². The number of alkyl halides is 3. The van der Waals surface area contributed by atoms with Crippen LogP contribution < -0.4 is 5.32 Å². The molecule has 0 bridgehead atoms. The Labute approximate surface area is 183 Å². The quantitative estimate of drug-likeness (QED) is 0.576. The van der Waals surface area contributed by atoms with Gasteiger partial charge in [0.25, 0.3) is 0 Å². The topological polar surface area (TPSA) is 49.4 Å². The molecule has 1 N–H and O–H groups in total. The molecule has 1 heterocycles. The third-order valence-corrected chi connectivity index (χ3v) is 7.08. The van der Waals surface area contributed by atoms with Gasteiger partial charge in [0.05, 0.1) is 5.56 Å². The lowest BCUT2D eigenvalue weighted by Crippen LogP contribution is -2.44. The lowest BCUT2D eigenvalue weighted by Gasteiger charge is -2.37. The standard InChI is InChI=1S/C22H28BrF3N2O2/c1-14-4-2-3-5-17(14)21(30)28-10-8-15(9-11-28)12-20(29)27-16-6-7-19(23)18(13-16)22(24,25)26/h6-7,13-15,17H,2-5,8-12H2,1H3,(H,27,29)/t14-,17-/m0/s1. The molecule has 2 amide bonds. The zero-order valence-electron chi connectivity index (χ0n) is 17.1. The molecule has 1 aliphatic carbocycles. The van der Waals surface area contributed by atoms with Gasteiger partial charge in [-0.1, -0.05) is 35.7 Å². The summed E-state index contributed by atoms with van der Waals surface area (Å²) in [4.78, 5) is 27.1. The van der Waals surface area contributed by atoms with Crippen LogP contribution in [0.5, 0.6) is 0 Å². The van der Waals surface area contributed by atoms with Crippen LogP contribution in [0.3, 0.4) is 0 Å². The fraction of sp³-hybridized carbons (Fsp3) is 0.636. The van der Waals surface area contributed by atoms with E-state index in [-0.39, 0.29) is 40.2 Å². The number of piperidine rings is 1. The summed E-state index contributed by atoms with van der Waals surface area (Å²) in [6.45, 7) is 3.46. The van der Waals surface area contributed by atoms with Crippen LogP contribution in [0.15, 0.2) is 22.7 Å². The number of anilines is 1. The molecule has 166 valence electrons. The Morgan fingerprint density at radius 2 is 1.80 bits per heavy atom. The van der Waals surface area contributed by atoms with Gasteiger partial charge in [0.2, 0.25) is 11.8 Å². The second-order valence-electron chi connectivity index (χ2n) is 8.58. The predicted octanol–water partition coefficient (Wildman–Crippen LogP) is 5.86. The minimum absolute atomic E-state index is 0.0580. The third kappa shape index (κ3) is 5.77. The smallest absolute Gasteiger partial charge is 0.342 e. The van der Waals surface area contributed by atoms with Crippen LogP contribution >= 0.6 is 15.9 Å². The Balaban J connectivity index is 1.49. The van der Waals surface area contributed by atoms with E-state index in [4.69, 9.17) is 0 Å². The molecule has 2 fully saturated rings. The molecule has 0 spiro atoms. The first-order valence-electron chi connectivity index (χ1n) is 10.6. The maximum Gasteiger partial charge on any atom is 0.417 e. The Kier molecular flexibility index (Phi) is 7.47. The molecule has 2 aliphatic rings. The molecule has 1 aliphatic heterocycles. The fourth-order valence-electron chi connectivity index (χ4n) is 4.57. The number of halogens is 4. The van der Waals surface area contributed by atoms with Gasteiger partial charge in [-0.2, -0.15) is 13.2 Å². The van der Waals surface area contributed by atoms with Crippen molar-refractivity contribution in [3.05, 3.63) is 28.2 Å². The number of rotatable bonds is 4. The largest absolute Gasteiger partial charge is 0.417 e. The minimum Gasteiger partial charge on any atom is -0.342 e. The summed E-state index contributed by atoms with van der Waals surface area (Å²) in [7, 11) is 0. The van der Waals surface area contributed by atoms with Crippen molar-refractivity contribution in [1.82, 2.24) is 4.90 Å². The summed E-state index contributed by atoms with van der Waals surface area (Å²) in [5.41, 5.74) is -0.682. The first kappa shape index (κ1) is 23.1. The molecule has 3 rings (SSSR count). The minimum atomic E-state index is -4.49. The van der Waals surface area contributed by atoms with E-state index in [1.165, 1.54) is 18.6 Å². The maximum absolute atomic E-state index is 13.0. The molecule has 8 heteroatoms. The molecule has 1 aromatic rings. The van der Waals surface area contributed by atoms with Crippen LogP contribution in [0, 0.1) is 17.8 Å². The fourth-order valence-corrected chi connectivity index (χ4v) is 5.04. The van der Waals surface area contributed by atoms with E-state index in [0.29, 0.717) is 19.0 Å². The van der Waals surface area contributed by atoms with Gasteiger partial charge in [-0.3, -0.25) is 9.59 Å². The van der Waals surface area contributed by atoms with Gasteiger partial charge in [0, 0.05) is 35.6 Å². The normalized spacial score (nSPS) is 23.3. The second-order valence-corrected chi connectivity index (χ2v) is 9.44. The predicted molar refractivity (Wildman–Crippen MR) is 113 cm³/mol. The van der Waals surface area contributed by atoms with E-state index < -0.39 is 11.7 Å². The van der Waals surface area contributed by atoms with Gasteiger partial charge in [-0.05, 0) is 55.7 Å². The molecule has 1 aromatic carbocycles. The van der Waals surface area contributed by atoms with Gasteiger partial charge < -0.3 is 10.2 Å². The monoisotopic (exact) mass is 488 g/mol. The van der Waals surface area contributed by atoms with Crippen molar-refractivity contribution in [3.63, 3.8) is 0 Å². The third-order valence-electron chi connectivity index (χ3n) is 6.38. The van der Waals surface area contributed by atoms with Crippen LogP contribution in [0.1, 0.15) is 57.4 Å². The van der Waals surface area contributed by atoms with Crippen LogP contribution in [0.4, 0.5) is 18.9 Å². The number of likely N-dealkylation sites (tertiary alicyclic amines) is 1. The van der Waals surface area contributed by atoms with Crippen LogP contribution in [0.25, 0.3) is 0 Å². The summed E-state index contributed by atoms with van der Waals surface area (Å²) < 4.78 is 39.0. The van der Waals surface area contributed by atoms with Crippen LogP contribution in [-0.4, -0.2) is 29.8 Å². The average molecular weight is 489 g/mol. The molecular formula is C22H28BrF3N2O2. The van der Waals surface area contributed by atoms with Crippen LogP contribution in [-0.2, 0) is 15.8 Å². The molecular weight excluding hydrogens is 461 g/mol. The molecule has 4 nitrogen and oxygen atoms in total. The van der Waals surface area contributed by atoms with Gasteiger partial charge in [0.15, 0.2) is 0 Å². The Bertz CT molecular complexity index is 776. The van der Waals surface area contributed by atoms with Crippen LogP contribution in [0.2, 0.25) is 0 Å². The first-order chi connectivity index (χ1) is 14.1. The van der Waals surface area contributed by atoms with E-state index in [2.05, 4.69) is 28.2 Å². The first-order valence-corrected chi connectivity index (χ1v) is 11.4. The molecule has 0 aromatic heterocycles. The van der Waals surface area contributed by atoms with E-state index in [0.717, 1.165) is 38.2 Å². The average Bonchev–Trinajstić information content (AvgIpc) is 2.69. The number of benzene rings is 1. The summed E-state index contributed by atoms with van der Waals surface area (Å²) in [6, 6.07) is 3.67. The number of hydrogen-bond acceptors (Lipinski definition) is 2. The summed E-state index contributed by atoms with van der Waals surface area (Å²) in [5.74, 6) is 0.646. The van der Waals surface area contributed by atoms with Crippen molar-refractivity contribution >= 4 is 33.4 Å². The van der Waals surface area contributed by atoms with E-state index >= 15 is 0 Å². The summed E-state index contributed by atoms with van der Waals surface area (Å²) in [6.07, 6.45) is 1.64. The Hall–Kier alpha value is -1.57.